The largest absolute Gasteiger partial charge is 0.472 e. The first-order valence-corrected chi connectivity index (χ1v) is 9.17. The number of likely N-dealkylation sites (tertiary alicyclic amines) is 1. The molecule has 0 aromatic carbocycles. The molecule has 1 aromatic heterocycles. The monoisotopic (exact) mass is 346 g/mol. The highest BCUT2D eigenvalue weighted by molar-refractivity contribution is 5.77. The van der Waals surface area contributed by atoms with E-state index in [0.717, 1.165) is 61.9 Å². The van der Waals surface area contributed by atoms with Crippen LogP contribution in [0, 0.1) is 13.8 Å². The summed E-state index contributed by atoms with van der Waals surface area (Å²) in [5.74, 6) is 1.64. The molecule has 1 spiro atoms. The Bertz CT molecular complexity index is 671. The minimum Gasteiger partial charge on any atom is -0.472 e. The zero-order chi connectivity index (χ0) is 17.4. The fraction of sp³-hybridized carbons (Fsp3) is 0.722. The molecule has 3 aliphatic heterocycles. The highest BCUT2D eigenvalue weighted by Gasteiger charge is 2.39. The first-order valence-electron chi connectivity index (χ1n) is 9.17. The lowest BCUT2D eigenvalue weighted by atomic mass is 9.87. The van der Waals surface area contributed by atoms with E-state index < -0.39 is 0 Å². The summed E-state index contributed by atoms with van der Waals surface area (Å²) in [7, 11) is 0. The van der Waals surface area contributed by atoms with Crippen molar-refractivity contribution in [2.75, 3.05) is 32.8 Å². The molecular weight excluding hydrogens is 320 g/mol. The minimum absolute atomic E-state index is 0.116. The topological polar surface area (TPSA) is 76.6 Å². The molecule has 7 heteroatoms. The molecule has 0 aliphatic carbocycles. The van der Waals surface area contributed by atoms with Crippen molar-refractivity contribution in [2.45, 2.75) is 51.2 Å². The van der Waals surface area contributed by atoms with Crippen molar-refractivity contribution < 1.29 is 14.3 Å². The van der Waals surface area contributed by atoms with Crippen molar-refractivity contribution in [3.8, 4) is 5.88 Å². The van der Waals surface area contributed by atoms with Crippen LogP contribution >= 0.6 is 0 Å². The summed E-state index contributed by atoms with van der Waals surface area (Å²) in [6.45, 7) is 7.93. The quantitative estimate of drug-likeness (QED) is 0.852. The van der Waals surface area contributed by atoms with Gasteiger partial charge in [0.05, 0.1) is 18.6 Å². The Kier molecular flexibility index (Phi) is 4.37. The standard InChI is InChI=1S/C18H26N4O3/c1-12-15-9-14(25-17(15)21-13(2)20-12)11-22-6-3-18(4-7-22)10-16(23)19-5-8-24-18/h14H,3-11H2,1-2H3,(H,19,23). The predicted molar refractivity (Wildman–Crippen MR) is 91.6 cm³/mol. The van der Waals surface area contributed by atoms with E-state index in [1.54, 1.807) is 0 Å². The molecule has 1 unspecified atom stereocenters. The molecule has 3 aliphatic rings. The van der Waals surface area contributed by atoms with Crippen molar-refractivity contribution in [1.82, 2.24) is 20.2 Å². The molecule has 0 saturated carbocycles. The Morgan fingerprint density at radius 2 is 2.08 bits per heavy atom. The Balaban J connectivity index is 1.34. The van der Waals surface area contributed by atoms with Gasteiger partial charge >= 0.3 is 0 Å². The van der Waals surface area contributed by atoms with Crippen molar-refractivity contribution in [1.29, 1.82) is 0 Å². The fourth-order valence-corrected chi connectivity index (χ4v) is 4.18. The van der Waals surface area contributed by atoms with Crippen molar-refractivity contribution >= 4 is 5.91 Å². The Labute approximate surface area is 148 Å². The maximum absolute atomic E-state index is 11.9. The molecule has 2 saturated heterocycles. The highest BCUT2D eigenvalue weighted by Crippen LogP contribution is 2.33. The van der Waals surface area contributed by atoms with Crippen LogP contribution in [-0.4, -0.2) is 65.3 Å². The lowest BCUT2D eigenvalue weighted by molar-refractivity contribution is -0.128. The van der Waals surface area contributed by atoms with E-state index in [9.17, 15) is 4.79 Å². The number of aromatic nitrogens is 2. The average molecular weight is 346 g/mol. The number of hydrogen-bond acceptors (Lipinski definition) is 6. The van der Waals surface area contributed by atoms with Crippen LogP contribution in [0.3, 0.4) is 0 Å². The van der Waals surface area contributed by atoms with Crippen LogP contribution in [0.1, 0.15) is 36.3 Å². The summed E-state index contributed by atoms with van der Waals surface area (Å²) in [5.41, 5.74) is 1.91. The number of aryl methyl sites for hydroxylation is 2. The zero-order valence-corrected chi connectivity index (χ0v) is 15.0. The van der Waals surface area contributed by atoms with Gasteiger partial charge in [0.2, 0.25) is 11.8 Å². The predicted octanol–water partition coefficient (Wildman–Crippen LogP) is 0.768. The van der Waals surface area contributed by atoms with E-state index >= 15 is 0 Å². The van der Waals surface area contributed by atoms with E-state index in [-0.39, 0.29) is 17.6 Å². The molecule has 0 bridgehead atoms. The molecular formula is C18H26N4O3. The van der Waals surface area contributed by atoms with Gasteiger partial charge in [-0.2, -0.15) is 4.98 Å². The van der Waals surface area contributed by atoms with Crippen LogP contribution in [0.2, 0.25) is 0 Å². The molecule has 136 valence electrons. The first-order chi connectivity index (χ1) is 12.0. The van der Waals surface area contributed by atoms with Gasteiger partial charge in [0.25, 0.3) is 0 Å². The van der Waals surface area contributed by atoms with Crippen LogP contribution < -0.4 is 10.1 Å². The number of nitrogens with zero attached hydrogens (tertiary/aromatic N) is 3. The summed E-state index contributed by atoms with van der Waals surface area (Å²) in [6.07, 6.45) is 3.30. The van der Waals surface area contributed by atoms with Gasteiger partial charge in [-0.3, -0.25) is 9.69 Å². The van der Waals surface area contributed by atoms with Crippen LogP contribution in [0.5, 0.6) is 5.88 Å². The summed E-state index contributed by atoms with van der Waals surface area (Å²) in [4.78, 5) is 23.2. The molecule has 1 aromatic rings. The van der Waals surface area contributed by atoms with Crippen LogP contribution in [0.25, 0.3) is 0 Å². The molecule has 25 heavy (non-hydrogen) atoms. The molecule has 1 atom stereocenters. The number of fused-ring (bicyclic) bond motifs is 1. The number of rotatable bonds is 2. The summed E-state index contributed by atoms with van der Waals surface area (Å²) < 4.78 is 12.1. The summed E-state index contributed by atoms with van der Waals surface area (Å²) in [6, 6.07) is 0. The van der Waals surface area contributed by atoms with Crippen LogP contribution in [-0.2, 0) is 16.0 Å². The third-order valence-corrected chi connectivity index (χ3v) is 5.54. The number of nitrogens with one attached hydrogen (secondary N) is 1. The Morgan fingerprint density at radius 3 is 2.88 bits per heavy atom. The fourth-order valence-electron chi connectivity index (χ4n) is 4.18. The van der Waals surface area contributed by atoms with E-state index in [0.29, 0.717) is 19.6 Å². The molecule has 1 N–H and O–H groups in total. The van der Waals surface area contributed by atoms with Crippen molar-refractivity contribution in [2.24, 2.45) is 0 Å². The molecule has 4 heterocycles. The Hall–Kier alpha value is -1.73. The SMILES string of the molecule is Cc1nc(C)c2c(n1)OC(CN1CCC3(CC1)CC(=O)NCCO3)C2. The lowest BCUT2D eigenvalue weighted by Crippen LogP contribution is -2.49. The maximum Gasteiger partial charge on any atom is 0.222 e. The minimum atomic E-state index is -0.268. The van der Waals surface area contributed by atoms with Crippen LogP contribution in [0.4, 0.5) is 0 Å². The maximum atomic E-state index is 11.9. The molecule has 0 radical (unpaired) electrons. The van der Waals surface area contributed by atoms with Gasteiger partial charge in [0.15, 0.2) is 0 Å². The molecule has 4 rings (SSSR count). The number of amides is 1. The number of ether oxygens (including phenoxy) is 2. The number of carbonyl (C=O) groups is 1. The van der Waals surface area contributed by atoms with Gasteiger partial charge in [-0.05, 0) is 26.7 Å². The van der Waals surface area contributed by atoms with Gasteiger partial charge in [0, 0.05) is 43.9 Å². The van der Waals surface area contributed by atoms with Gasteiger partial charge in [-0.1, -0.05) is 0 Å². The molecule has 2 fully saturated rings. The second-order valence-electron chi connectivity index (χ2n) is 7.44. The van der Waals surface area contributed by atoms with Crippen molar-refractivity contribution in [3.63, 3.8) is 0 Å². The van der Waals surface area contributed by atoms with E-state index in [4.69, 9.17) is 9.47 Å². The second-order valence-corrected chi connectivity index (χ2v) is 7.44. The van der Waals surface area contributed by atoms with E-state index in [1.165, 1.54) is 0 Å². The van der Waals surface area contributed by atoms with Crippen LogP contribution in [0.15, 0.2) is 0 Å². The van der Waals surface area contributed by atoms with E-state index in [1.807, 2.05) is 13.8 Å². The van der Waals surface area contributed by atoms with Gasteiger partial charge in [-0.25, -0.2) is 4.98 Å². The molecule has 7 nitrogen and oxygen atoms in total. The van der Waals surface area contributed by atoms with Crippen molar-refractivity contribution in [3.05, 3.63) is 17.1 Å². The summed E-state index contributed by atoms with van der Waals surface area (Å²) in [5, 5.41) is 2.90. The third-order valence-electron chi connectivity index (χ3n) is 5.54. The Morgan fingerprint density at radius 1 is 1.28 bits per heavy atom. The second kappa shape index (κ2) is 6.53. The molecule has 1 amide bonds. The smallest absolute Gasteiger partial charge is 0.222 e. The summed E-state index contributed by atoms with van der Waals surface area (Å²) >= 11 is 0. The number of hydrogen-bond donors (Lipinski definition) is 1. The normalized spacial score (nSPS) is 26.0. The first kappa shape index (κ1) is 16.7. The average Bonchev–Trinajstić information content (AvgIpc) is 2.87. The zero-order valence-electron chi connectivity index (χ0n) is 15.0. The van der Waals surface area contributed by atoms with Gasteiger partial charge in [-0.15, -0.1) is 0 Å². The van der Waals surface area contributed by atoms with Gasteiger partial charge in [0.1, 0.15) is 11.9 Å². The van der Waals surface area contributed by atoms with E-state index in [2.05, 4.69) is 20.2 Å². The lowest BCUT2D eigenvalue weighted by Gasteiger charge is -2.40. The van der Waals surface area contributed by atoms with Gasteiger partial charge < -0.3 is 14.8 Å². The highest BCUT2D eigenvalue weighted by atomic mass is 16.5. The third kappa shape index (κ3) is 3.48. The number of piperidine rings is 1. The number of carbonyl (C=O) groups excluding carboxylic acids is 1.